The molecule has 0 spiro atoms. The van der Waals surface area contributed by atoms with Gasteiger partial charge in [0.25, 0.3) is 0 Å². The molecule has 2 unspecified atom stereocenters. The number of anilines is 1. The van der Waals surface area contributed by atoms with Crippen molar-refractivity contribution in [3.63, 3.8) is 0 Å². The van der Waals surface area contributed by atoms with Crippen LogP contribution < -0.4 is 14.4 Å². The van der Waals surface area contributed by atoms with Crippen molar-refractivity contribution < 1.29 is 9.47 Å². The number of pyridine rings is 2. The number of methoxy groups -OCH3 is 1. The van der Waals surface area contributed by atoms with Gasteiger partial charge in [-0.2, -0.15) is 0 Å². The van der Waals surface area contributed by atoms with E-state index in [1.165, 1.54) is 0 Å². The van der Waals surface area contributed by atoms with Gasteiger partial charge in [0.05, 0.1) is 19.0 Å². The summed E-state index contributed by atoms with van der Waals surface area (Å²) >= 11 is 0. The van der Waals surface area contributed by atoms with Gasteiger partial charge in [-0.1, -0.05) is 6.07 Å². The second kappa shape index (κ2) is 6.86. The van der Waals surface area contributed by atoms with Crippen molar-refractivity contribution in [2.24, 2.45) is 0 Å². The fraction of sp³-hybridized carbons (Fsp3) is 0.444. The number of piperidine rings is 1. The molecule has 2 aromatic rings. The lowest BCUT2D eigenvalue weighted by molar-refractivity contribution is 0.148. The summed E-state index contributed by atoms with van der Waals surface area (Å²) in [5.41, 5.74) is 2.22. The molecule has 5 nitrogen and oxygen atoms in total. The van der Waals surface area contributed by atoms with Crippen LogP contribution in [-0.2, 0) is 0 Å². The summed E-state index contributed by atoms with van der Waals surface area (Å²) in [5.74, 6) is 1.40. The predicted octanol–water partition coefficient (Wildman–Crippen LogP) is 3.23. The molecule has 1 aliphatic rings. The number of ether oxygens (including phenoxy) is 2. The van der Waals surface area contributed by atoms with Crippen LogP contribution in [0, 0.1) is 6.92 Å². The molecule has 2 aromatic heterocycles. The average Bonchev–Trinajstić information content (AvgIpc) is 2.57. The van der Waals surface area contributed by atoms with Crippen molar-refractivity contribution in [3.8, 4) is 11.8 Å². The Kier molecular flexibility index (Phi) is 4.65. The number of hydrogen-bond acceptors (Lipinski definition) is 5. The third-order valence-electron chi connectivity index (χ3n) is 4.33. The van der Waals surface area contributed by atoms with E-state index in [-0.39, 0.29) is 6.10 Å². The molecule has 0 N–H and O–H groups in total. The Hall–Kier alpha value is -2.30. The molecule has 3 heterocycles. The number of nitrogens with zero attached hydrogens (tertiary/aromatic N) is 3. The fourth-order valence-electron chi connectivity index (χ4n) is 3.04. The van der Waals surface area contributed by atoms with E-state index >= 15 is 0 Å². The lowest BCUT2D eigenvalue weighted by atomic mass is 10.00. The normalized spacial score (nSPS) is 21.1. The molecule has 0 aromatic carbocycles. The van der Waals surface area contributed by atoms with E-state index in [2.05, 4.69) is 27.9 Å². The van der Waals surface area contributed by atoms with E-state index in [4.69, 9.17) is 9.47 Å². The second-order valence-electron chi connectivity index (χ2n) is 5.99. The molecule has 2 atom stereocenters. The Labute approximate surface area is 137 Å². The van der Waals surface area contributed by atoms with E-state index in [1.807, 2.05) is 31.3 Å². The maximum atomic E-state index is 6.10. The zero-order valence-electron chi connectivity index (χ0n) is 13.9. The number of aromatic nitrogens is 2. The van der Waals surface area contributed by atoms with Gasteiger partial charge in [-0.05, 0) is 26.0 Å². The molecule has 23 heavy (non-hydrogen) atoms. The fourth-order valence-corrected chi connectivity index (χ4v) is 3.04. The van der Waals surface area contributed by atoms with Crippen molar-refractivity contribution in [1.82, 2.24) is 9.97 Å². The Morgan fingerprint density at radius 3 is 2.74 bits per heavy atom. The summed E-state index contributed by atoms with van der Waals surface area (Å²) < 4.78 is 11.2. The minimum atomic E-state index is 0.209. The molecule has 1 saturated heterocycles. The Morgan fingerprint density at radius 2 is 2.09 bits per heavy atom. The Morgan fingerprint density at radius 1 is 1.22 bits per heavy atom. The standard InChI is InChI=1S/C18H23N3O2/c1-13-5-4-9-19-18(13)23-16-8-10-21(14(2)11-16)15-6-7-17(22-3)20-12-15/h4-7,9,12,14,16H,8,10-11H2,1-3H3. The zero-order chi connectivity index (χ0) is 16.2. The largest absolute Gasteiger partial charge is 0.481 e. The molecule has 1 aliphatic heterocycles. The minimum absolute atomic E-state index is 0.209. The maximum absolute atomic E-state index is 6.10. The van der Waals surface area contributed by atoms with Crippen LogP contribution in [0.5, 0.6) is 11.8 Å². The van der Waals surface area contributed by atoms with E-state index in [1.54, 1.807) is 13.3 Å². The maximum Gasteiger partial charge on any atom is 0.216 e. The number of aryl methyl sites for hydroxylation is 1. The SMILES string of the molecule is COc1ccc(N2CCC(Oc3ncccc3C)CC2C)cn1. The smallest absolute Gasteiger partial charge is 0.216 e. The van der Waals surface area contributed by atoms with E-state index in [9.17, 15) is 0 Å². The topological polar surface area (TPSA) is 47.5 Å². The van der Waals surface area contributed by atoms with Crippen molar-refractivity contribution in [3.05, 3.63) is 42.2 Å². The highest BCUT2D eigenvalue weighted by Crippen LogP contribution is 2.27. The van der Waals surface area contributed by atoms with Crippen LogP contribution in [0.25, 0.3) is 0 Å². The summed E-state index contributed by atoms with van der Waals surface area (Å²) in [6.45, 7) is 5.21. The summed E-state index contributed by atoms with van der Waals surface area (Å²) in [5, 5.41) is 0. The summed E-state index contributed by atoms with van der Waals surface area (Å²) in [7, 11) is 1.63. The van der Waals surface area contributed by atoms with Crippen molar-refractivity contribution in [2.75, 3.05) is 18.6 Å². The molecule has 0 saturated carbocycles. The van der Waals surface area contributed by atoms with Crippen LogP contribution >= 0.6 is 0 Å². The van der Waals surface area contributed by atoms with Crippen molar-refractivity contribution in [2.45, 2.75) is 38.8 Å². The number of rotatable bonds is 4. The van der Waals surface area contributed by atoms with Gasteiger partial charge in [0, 0.05) is 43.3 Å². The third kappa shape index (κ3) is 3.55. The highest BCUT2D eigenvalue weighted by Gasteiger charge is 2.27. The Balaban J connectivity index is 1.64. The third-order valence-corrected chi connectivity index (χ3v) is 4.33. The zero-order valence-corrected chi connectivity index (χ0v) is 13.9. The molecule has 1 fully saturated rings. The predicted molar refractivity (Wildman–Crippen MR) is 90.2 cm³/mol. The van der Waals surface area contributed by atoms with Crippen LogP contribution in [0.1, 0.15) is 25.3 Å². The van der Waals surface area contributed by atoms with Crippen LogP contribution in [-0.4, -0.2) is 35.8 Å². The van der Waals surface area contributed by atoms with Crippen LogP contribution in [0.15, 0.2) is 36.7 Å². The summed E-state index contributed by atoms with van der Waals surface area (Å²) in [6.07, 6.45) is 5.82. The van der Waals surface area contributed by atoms with Gasteiger partial charge in [0.1, 0.15) is 6.10 Å². The van der Waals surface area contributed by atoms with E-state index in [0.29, 0.717) is 11.9 Å². The number of hydrogen-bond donors (Lipinski definition) is 0. The molecule has 3 rings (SSSR count). The Bertz CT molecular complexity index is 645. The lowest BCUT2D eigenvalue weighted by Gasteiger charge is -2.39. The van der Waals surface area contributed by atoms with Gasteiger partial charge in [0.15, 0.2) is 0 Å². The quantitative estimate of drug-likeness (QED) is 0.867. The molecule has 0 amide bonds. The highest BCUT2D eigenvalue weighted by molar-refractivity contribution is 5.47. The first-order valence-electron chi connectivity index (χ1n) is 8.02. The van der Waals surface area contributed by atoms with E-state index < -0.39 is 0 Å². The first-order chi connectivity index (χ1) is 11.2. The molecule has 0 radical (unpaired) electrons. The monoisotopic (exact) mass is 313 g/mol. The lowest BCUT2D eigenvalue weighted by Crippen LogP contribution is -2.44. The second-order valence-corrected chi connectivity index (χ2v) is 5.99. The van der Waals surface area contributed by atoms with Crippen molar-refractivity contribution >= 4 is 5.69 Å². The minimum Gasteiger partial charge on any atom is -0.481 e. The highest BCUT2D eigenvalue weighted by atomic mass is 16.5. The van der Waals surface area contributed by atoms with Crippen LogP contribution in [0.2, 0.25) is 0 Å². The molecule has 5 heteroatoms. The van der Waals surface area contributed by atoms with Gasteiger partial charge >= 0.3 is 0 Å². The van der Waals surface area contributed by atoms with E-state index in [0.717, 1.165) is 36.5 Å². The van der Waals surface area contributed by atoms with Gasteiger partial charge in [-0.15, -0.1) is 0 Å². The first-order valence-corrected chi connectivity index (χ1v) is 8.02. The van der Waals surface area contributed by atoms with Gasteiger partial charge in [-0.3, -0.25) is 0 Å². The van der Waals surface area contributed by atoms with Crippen LogP contribution in [0.3, 0.4) is 0 Å². The summed E-state index contributed by atoms with van der Waals surface area (Å²) in [6, 6.07) is 8.33. The average molecular weight is 313 g/mol. The molecule has 0 bridgehead atoms. The molecule has 0 aliphatic carbocycles. The molecular formula is C18H23N3O2. The molecule has 122 valence electrons. The van der Waals surface area contributed by atoms with Gasteiger partial charge < -0.3 is 14.4 Å². The van der Waals surface area contributed by atoms with Crippen LogP contribution in [0.4, 0.5) is 5.69 Å². The van der Waals surface area contributed by atoms with Gasteiger partial charge in [-0.25, -0.2) is 9.97 Å². The molecular weight excluding hydrogens is 290 g/mol. The van der Waals surface area contributed by atoms with Gasteiger partial charge in [0.2, 0.25) is 11.8 Å². The summed E-state index contributed by atoms with van der Waals surface area (Å²) in [4.78, 5) is 11.0. The first kappa shape index (κ1) is 15.6. The van der Waals surface area contributed by atoms with Crippen molar-refractivity contribution in [1.29, 1.82) is 0 Å².